The smallest absolute Gasteiger partial charge is 0.381 e. The van der Waals surface area contributed by atoms with Gasteiger partial charge >= 0.3 is 12.4 Å². The van der Waals surface area contributed by atoms with E-state index in [1.807, 2.05) is 0 Å². The summed E-state index contributed by atoms with van der Waals surface area (Å²) in [5.74, 6) is -0.212. The van der Waals surface area contributed by atoms with Crippen molar-refractivity contribution >= 4 is 5.82 Å². The number of nitrogens with one attached hydrogen (secondary N) is 1. The first-order valence-electron chi connectivity index (χ1n) is 12.4. The molecule has 2 saturated heterocycles. The second-order valence-corrected chi connectivity index (χ2v) is 10.3. The number of alkyl halides is 6. The maximum atomic E-state index is 13.9. The molecule has 37 heavy (non-hydrogen) atoms. The molecule has 0 spiro atoms. The van der Waals surface area contributed by atoms with Crippen LogP contribution in [0.1, 0.15) is 36.8 Å². The van der Waals surface area contributed by atoms with Gasteiger partial charge in [-0.15, -0.1) is 10.2 Å². The van der Waals surface area contributed by atoms with E-state index in [-0.39, 0.29) is 6.04 Å². The second-order valence-electron chi connectivity index (χ2n) is 10.3. The minimum atomic E-state index is -4.90. The SMILES string of the molecule is Fc1ccc(C(F)(F)F)c(-c2cc(C(F)(F)F)c(N[C@H]3C[C@@H]4CN(CC5CCOCC5)C[C@@H]4C3)nn2)c1. The fourth-order valence-corrected chi connectivity index (χ4v) is 5.97. The van der Waals surface area contributed by atoms with Gasteiger partial charge in [-0.25, -0.2) is 4.39 Å². The van der Waals surface area contributed by atoms with Crippen molar-refractivity contribution in [3.63, 3.8) is 0 Å². The Kier molecular flexibility index (Phi) is 7.08. The van der Waals surface area contributed by atoms with E-state index in [1.54, 1.807) is 0 Å². The maximum absolute atomic E-state index is 13.9. The van der Waals surface area contributed by atoms with Crippen LogP contribution in [0, 0.1) is 23.6 Å². The average molecular weight is 533 g/mol. The first-order valence-corrected chi connectivity index (χ1v) is 12.4. The van der Waals surface area contributed by atoms with E-state index in [1.165, 1.54) is 0 Å². The lowest BCUT2D eigenvalue weighted by Crippen LogP contribution is -2.32. The number of rotatable bonds is 5. The highest BCUT2D eigenvalue weighted by Gasteiger charge is 2.43. The topological polar surface area (TPSA) is 50.3 Å². The van der Waals surface area contributed by atoms with E-state index < -0.39 is 46.4 Å². The molecule has 3 atom stereocenters. The van der Waals surface area contributed by atoms with Crippen LogP contribution in [-0.4, -0.2) is 54.0 Å². The number of ether oxygens (including phenoxy) is 1. The third-order valence-electron chi connectivity index (χ3n) is 7.69. The number of halogens is 7. The molecule has 3 fully saturated rings. The van der Waals surface area contributed by atoms with Crippen LogP contribution in [0.5, 0.6) is 0 Å². The van der Waals surface area contributed by atoms with Crippen molar-refractivity contribution in [1.29, 1.82) is 0 Å². The van der Waals surface area contributed by atoms with E-state index in [4.69, 9.17) is 4.74 Å². The molecule has 0 radical (unpaired) electrons. The molecular formula is C25H27F7N4O. The first-order chi connectivity index (χ1) is 17.5. The Bertz CT molecular complexity index is 1100. The molecule has 5 nitrogen and oxygen atoms in total. The van der Waals surface area contributed by atoms with Crippen LogP contribution in [-0.2, 0) is 17.1 Å². The number of nitrogens with zero attached hydrogens (tertiary/aromatic N) is 3. The van der Waals surface area contributed by atoms with Crippen molar-refractivity contribution in [1.82, 2.24) is 15.1 Å². The summed E-state index contributed by atoms with van der Waals surface area (Å²) in [6, 6.07) is 1.85. The summed E-state index contributed by atoms with van der Waals surface area (Å²) in [5, 5.41) is 10.1. The summed E-state index contributed by atoms with van der Waals surface area (Å²) < 4.78 is 101. The quantitative estimate of drug-likeness (QED) is 0.489. The fraction of sp³-hybridized carbons (Fsp3) is 0.600. The largest absolute Gasteiger partial charge is 0.420 e. The van der Waals surface area contributed by atoms with Crippen LogP contribution >= 0.6 is 0 Å². The monoisotopic (exact) mass is 532 g/mol. The van der Waals surface area contributed by atoms with Gasteiger partial charge in [-0.2, -0.15) is 26.3 Å². The summed E-state index contributed by atoms with van der Waals surface area (Å²) in [7, 11) is 0. The molecular weight excluding hydrogens is 505 g/mol. The van der Waals surface area contributed by atoms with Crippen LogP contribution < -0.4 is 5.32 Å². The lowest BCUT2D eigenvalue weighted by Gasteiger charge is -2.28. The molecule has 1 saturated carbocycles. The Morgan fingerprint density at radius 1 is 0.892 bits per heavy atom. The first kappa shape index (κ1) is 26.1. The van der Waals surface area contributed by atoms with Crippen LogP contribution in [0.3, 0.4) is 0 Å². The number of hydrogen-bond donors (Lipinski definition) is 1. The Labute approximate surface area is 209 Å². The number of hydrogen-bond acceptors (Lipinski definition) is 5. The van der Waals surface area contributed by atoms with E-state index >= 15 is 0 Å². The fourth-order valence-electron chi connectivity index (χ4n) is 5.97. The zero-order valence-electron chi connectivity index (χ0n) is 19.9. The molecule has 2 aromatic rings. The highest BCUT2D eigenvalue weighted by atomic mass is 19.4. The predicted molar refractivity (Wildman–Crippen MR) is 121 cm³/mol. The van der Waals surface area contributed by atoms with Crippen molar-refractivity contribution in [2.45, 2.75) is 44.1 Å². The van der Waals surface area contributed by atoms with Gasteiger partial charge in [-0.3, -0.25) is 0 Å². The van der Waals surface area contributed by atoms with Crippen LogP contribution in [0.15, 0.2) is 24.3 Å². The normalized spacial score (nSPS) is 25.4. The summed E-state index contributed by atoms with van der Waals surface area (Å²) in [5.41, 5.74) is -4.01. The number of benzene rings is 1. The van der Waals surface area contributed by atoms with Crippen molar-refractivity contribution < 1.29 is 35.5 Å². The lowest BCUT2D eigenvalue weighted by molar-refractivity contribution is -0.137. The van der Waals surface area contributed by atoms with Gasteiger partial charge in [0.2, 0.25) is 0 Å². The molecule has 202 valence electrons. The summed E-state index contributed by atoms with van der Waals surface area (Å²) in [4.78, 5) is 2.44. The van der Waals surface area contributed by atoms with Crippen molar-refractivity contribution in [3.8, 4) is 11.3 Å². The maximum Gasteiger partial charge on any atom is 0.420 e. The van der Waals surface area contributed by atoms with Crippen LogP contribution in [0.2, 0.25) is 0 Å². The third-order valence-corrected chi connectivity index (χ3v) is 7.69. The van der Waals surface area contributed by atoms with E-state index in [9.17, 15) is 30.7 Å². The number of fused-ring (bicyclic) bond motifs is 1. The van der Waals surface area contributed by atoms with Crippen molar-refractivity contribution in [2.24, 2.45) is 17.8 Å². The molecule has 1 aliphatic carbocycles. The molecule has 3 aliphatic rings. The zero-order chi connectivity index (χ0) is 26.4. The molecule has 1 N–H and O–H groups in total. The number of anilines is 1. The predicted octanol–water partition coefficient (Wildman–Crippen LogP) is 5.87. The standard InChI is InChI=1S/C25H27F7N4O/c26-17-1-2-20(24(27,28)29)19(9-17)22-10-21(25(30,31)32)23(35-34-22)33-18-7-15-12-36(13-16(15)8-18)11-14-3-5-37-6-4-14/h1-2,9-10,14-16,18H,3-8,11-13H2,(H,33,35)/t15-,16+,18+. The number of likely N-dealkylation sites (tertiary alicyclic amines) is 1. The van der Waals surface area contributed by atoms with Crippen LogP contribution in [0.25, 0.3) is 11.3 Å². The number of aromatic nitrogens is 2. The third kappa shape index (κ3) is 5.84. The summed E-state index contributed by atoms with van der Waals surface area (Å²) >= 11 is 0. The highest BCUT2D eigenvalue weighted by molar-refractivity contribution is 5.67. The second kappa shape index (κ2) is 10.0. The van der Waals surface area contributed by atoms with Gasteiger partial charge in [0.05, 0.1) is 11.3 Å². The van der Waals surface area contributed by atoms with Gasteiger partial charge in [0.15, 0.2) is 5.82 Å². The highest BCUT2D eigenvalue weighted by Crippen LogP contribution is 2.43. The molecule has 12 heteroatoms. The van der Waals surface area contributed by atoms with Crippen molar-refractivity contribution in [2.75, 3.05) is 38.2 Å². The zero-order valence-corrected chi connectivity index (χ0v) is 19.9. The van der Waals surface area contributed by atoms with Crippen LogP contribution in [0.4, 0.5) is 36.6 Å². The lowest BCUT2D eigenvalue weighted by atomic mass is 10.00. The van der Waals surface area contributed by atoms with Gasteiger partial charge in [-0.05, 0) is 67.7 Å². The Hall–Kier alpha value is -2.47. The summed E-state index contributed by atoms with van der Waals surface area (Å²) in [6.45, 7) is 4.39. The molecule has 5 rings (SSSR count). The molecule has 0 unspecified atom stereocenters. The molecule has 3 heterocycles. The van der Waals surface area contributed by atoms with Gasteiger partial charge in [0.25, 0.3) is 0 Å². The van der Waals surface area contributed by atoms with Gasteiger partial charge in [0, 0.05) is 44.5 Å². The Morgan fingerprint density at radius 2 is 1.54 bits per heavy atom. The van der Waals surface area contributed by atoms with Crippen molar-refractivity contribution in [3.05, 3.63) is 41.2 Å². The van der Waals surface area contributed by atoms with E-state index in [2.05, 4.69) is 20.4 Å². The average Bonchev–Trinajstić information content (AvgIpc) is 3.36. The summed E-state index contributed by atoms with van der Waals surface area (Å²) in [6.07, 6.45) is -6.35. The molecule has 2 aliphatic heterocycles. The molecule has 0 bridgehead atoms. The minimum Gasteiger partial charge on any atom is -0.381 e. The minimum absolute atomic E-state index is 0.249. The van der Waals surface area contributed by atoms with E-state index in [0.29, 0.717) is 54.9 Å². The Balaban J connectivity index is 1.31. The molecule has 0 amide bonds. The molecule has 1 aromatic carbocycles. The molecule has 1 aromatic heterocycles. The van der Waals surface area contributed by atoms with Gasteiger partial charge in [0.1, 0.15) is 11.4 Å². The Morgan fingerprint density at radius 3 is 2.16 bits per heavy atom. The van der Waals surface area contributed by atoms with Gasteiger partial charge < -0.3 is 15.0 Å². The van der Waals surface area contributed by atoms with E-state index in [0.717, 1.165) is 45.7 Å². The van der Waals surface area contributed by atoms with Gasteiger partial charge in [-0.1, -0.05) is 0 Å².